The molecule has 1 aliphatic carbocycles. The van der Waals surface area contributed by atoms with Crippen molar-refractivity contribution in [2.75, 3.05) is 0 Å². The Bertz CT molecular complexity index is 359. The van der Waals surface area contributed by atoms with Gasteiger partial charge in [0, 0.05) is 18.5 Å². The number of hydrogen-bond acceptors (Lipinski definition) is 5. The summed E-state index contributed by atoms with van der Waals surface area (Å²) in [5.41, 5.74) is 0.204. The SMILES string of the molecule is CC(=O)ONC(=O)[C@]1(C)CCCC[C@@H]1OC(=O)Cl. The molecular weight excluding hydrogens is 262 g/mol. The summed E-state index contributed by atoms with van der Waals surface area (Å²) >= 11 is 5.19. The van der Waals surface area contributed by atoms with E-state index < -0.39 is 28.8 Å². The summed E-state index contributed by atoms with van der Waals surface area (Å²) in [5.74, 6) is -1.10. The van der Waals surface area contributed by atoms with Gasteiger partial charge >= 0.3 is 11.4 Å². The molecule has 102 valence electrons. The Morgan fingerprint density at radius 1 is 1.33 bits per heavy atom. The third-order valence-electron chi connectivity index (χ3n) is 3.16. The zero-order chi connectivity index (χ0) is 13.8. The van der Waals surface area contributed by atoms with Crippen LogP contribution in [0.2, 0.25) is 0 Å². The maximum absolute atomic E-state index is 12.0. The number of hydrogen-bond donors (Lipinski definition) is 1. The van der Waals surface area contributed by atoms with Crippen LogP contribution >= 0.6 is 11.6 Å². The zero-order valence-electron chi connectivity index (χ0n) is 10.3. The highest BCUT2D eigenvalue weighted by molar-refractivity contribution is 6.61. The van der Waals surface area contributed by atoms with Crippen LogP contribution in [0.4, 0.5) is 4.79 Å². The maximum Gasteiger partial charge on any atom is 0.404 e. The van der Waals surface area contributed by atoms with Crippen molar-refractivity contribution in [3.63, 3.8) is 0 Å². The molecule has 18 heavy (non-hydrogen) atoms. The maximum atomic E-state index is 12.0. The molecule has 2 atom stereocenters. The van der Waals surface area contributed by atoms with Gasteiger partial charge in [0.25, 0.3) is 5.91 Å². The van der Waals surface area contributed by atoms with E-state index in [-0.39, 0.29) is 0 Å². The molecule has 0 aliphatic heterocycles. The van der Waals surface area contributed by atoms with Crippen molar-refractivity contribution in [1.29, 1.82) is 0 Å². The number of ether oxygens (including phenoxy) is 1. The summed E-state index contributed by atoms with van der Waals surface area (Å²) in [7, 11) is 0. The molecule has 1 saturated carbocycles. The number of nitrogens with one attached hydrogen (secondary N) is 1. The van der Waals surface area contributed by atoms with Crippen molar-refractivity contribution >= 4 is 28.9 Å². The molecule has 0 aromatic rings. The molecular formula is C11H16ClNO5. The second kappa shape index (κ2) is 6.04. The summed E-state index contributed by atoms with van der Waals surface area (Å²) in [5, 5.41) is 0. The van der Waals surface area contributed by atoms with Gasteiger partial charge in [-0.1, -0.05) is 6.42 Å². The van der Waals surface area contributed by atoms with Gasteiger partial charge in [0.15, 0.2) is 0 Å². The molecule has 1 N–H and O–H groups in total. The van der Waals surface area contributed by atoms with E-state index in [4.69, 9.17) is 16.3 Å². The van der Waals surface area contributed by atoms with Crippen molar-refractivity contribution in [1.82, 2.24) is 5.48 Å². The molecule has 0 bridgehead atoms. The van der Waals surface area contributed by atoms with E-state index in [1.165, 1.54) is 6.92 Å². The van der Waals surface area contributed by atoms with Crippen LogP contribution in [0.3, 0.4) is 0 Å². The quantitative estimate of drug-likeness (QED) is 0.616. The van der Waals surface area contributed by atoms with Gasteiger partial charge in [0.2, 0.25) is 0 Å². The third-order valence-corrected chi connectivity index (χ3v) is 3.25. The molecule has 1 amide bonds. The van der Waals surface area contributed by atoms with Gasteiger partial charge in [-0.25, -0.2) is 4.79 Å². The fourth-order valence-corrected chi connectivity index (χ4v) is 2.20. The highest BCUT2D eigenvalue weighted by atomic mass is 35.5. The number of carbonyl (C=O) groups excluding carboxylic acids is 3. The minimum Gasteiger partial charge on any atom is -0.449 e. The Labute approximate surface area is 110 Å². The van der Waals surface area contributed by atoms with Gasteiger partial charge in [0.1, 0.15) is 6.10 Å². The van der Waals surface area contributed by atoms with E-state index in [1.54, 1.807) is 6.92 Å². The Kier molecular flexibility index (Phi) is 4.95. The van der Waals surface area contributed by atoms with Crippen molar-refractivity contribution in [2.24, 2.45) is 5.41 Å². The van der Waals surface area contributed by atoms with Crippen LogP contribution in [-0.2, 0) is 19.2 Å². The molecule has 0 heterocycles. The minimum absolute atomic E-state index is 0.486. The van der Waals surface area contributed by atoms with Crippen LogP contribution in [-0.4, -0.2) is 23.4 Å². The minimum atomic E-state index is -0.937. The third kappa shape index (κ3) is 3.60. The second-order valence-electron chi connectivity index (χ2n) is 4.53. The van der Waals surface area contributed by atoms with Crippen molar-refractivity contribution in [3.05, 3.63) is 0 Å². The molecule has 0 radical (unpaired) electrons. The first-order chi connectivity index (χ1) is 8.36. The first kappa shape index (κ1) is 14.8. The summed E-state index contributed by atoms with van der Waals surface area (Å²) in [4.78, 5) is 37.9. The Morgan fingerprint density at radius 2 is 2.00 bits per heavy atom. The Hall–Kier alpha value is -1.30. The fourth-order valence-electron chi connectivity index (χ4n) is 2.10. The van der Waals surface area contributed by atoms with E-state index in [0.717, 1.165) is 12.8 Å². The molecule has 1 rings (SSSR count). The predicted octanol–water partition coefficient (Wildman–Crippen LogP) is 1.90. The number of hydroxylamine groups is 1. The molecule has 0 aromatic carbocycles. The Balaban J connectivity index is 2.74. The average molecular weight is 278 g/mol. The van der Waals surface area contributed by atoms with E-state index in [2.05, 4.69) is 10.3 Å². The van der Waals surface area contributed by atoms with E-state index in [1.807, 2.05) is 0 Å². The van der Waals surface area contributed by atoms with Crippen molar-refractivity contribution < 1.29 is 24.0 Å². The Morgan fingerprint density at radius 3 is 2.56 bits per heavy atom. The molecule has 6 nitrogen and oxygen atoms in total. The fraction of sp³-hybridized carbons (Fsp3) is 0.727. The summed E-state index contributed by atoms with van der Waals surface area (Å²) in [6, 6.07) is 0. The van der Waals surface area contributed by atoms with Crippen LogP contribution in [0, 0.1) is 5.41 Å². The molecule has 0 saturated heterocycles. The van der Waals surface area contributed by atoms with Gasteiger partial charge in [-0.3, -0.25) is 9.59 Å². The monoisotopic (exact) mass is 277 g/mol. The first-order valence-corrected chi connectivity index (χ1v) is 6.08. The molecule has 0 unspecified atom stereocenters. The van der Waals surface area contributed by atoms with E-state index in [0.29, 0.717) is 12.8 Å². The average Bonchev–Trinajstić information content (AvgIpc) is 2.28. The van der Waals surface area contributed by atoms with Gasteiger partial charge in [0.05, 0.1) is 5.41 Å². The van der Waals surface area contributed by atoms with Crippen LogP contribution in [0.5, 0.6) is 0 Å². The summed E-state index contributed by atoms with van der Waals surface area (Å²) in [6.45, 7) is 2.84. The van der Waals surface area contributed by atoms with Gasteiger partial charge in [-0.05, 0) is 26.2 Å². The predicted molar refractivity (Wildman–Crippen MR) is 62.6 cm³/mol. The van der Waals surface area contributed by atoms with Gasteiger partial charge in [-0.15, -0.1) is 0 Å². The normalized spacial score (nSPS) is 27.2. The van der Waals surface area contributed by atoms with Crippen LogP contribution < -0.4 is 5.48 Å². The van der Waals surface area contributed by atoms with Crippen molar-refractivity contribution in [3.8, 4) is 0 Å². The molecule has 1 aliphatic rings. The standard InChI is InChI=1S/C11H16ClNO5/c1-7(14)18-13-9(15)11(2)6-4-3-5-8(11)17-10(12)16/h8H,3-6H2,1-2H3,(H,13,15)/t8-,11+/m0/s1. The summed E-state index contributed by atoms with van der Waals surface area (Å²) in [6.07, 6.45) is 2.18. The molecule has 0 spiro atoms. The van der Waals surface area contributed by atoms with Crippen molar-refractivity contribution in [2.45, 2.75) is 45.6 Å². The smallest absolute Gasteiger partial charge is 0.404 e. The second-order valence-corrected chi connectivity index (χ2v) is 4.84. The lowest BCUT2D eigenvalue weighted by Crippen LogP contribution is -2.50. The van der Waals surface area contributed by atoms with Crippen LogP contribution in [0.15, 0.2) is 0 Å². The lowest BCUT2D eigenvalue weighted by molar-refractivity contribution is -0.164. The zero-order valence-corrected chi connectivity index (χ0v) is 11.1. The first-order valence-electron chi connectivity index (χ1n) is 5.70. The number of carbonyl (C=O) groups is 3. The molecule has 1 fully saturated rings. The van der Waals surface area contributed by atoms with E-state index >= 15 is 0 Å². The highest BCUT2D eigenvalue weighted by Crippen LogP contribution is 2.38. The lowest BCUT2D eigenvalue weighted by atomic mass is 9.72. The van der Waals surface area contributed by atoms with Crippen LogP contribution in [0.1, 0.15) is 39.5 Å². The largest absolute Gasteiger partial charge is 0.449 e. The molecule has 0 aromatic heterocycles. The highest BCUT2D eigenvalue weighted by Gasteiger charge is 2.45. The number of halogens is 1. The lowest BCUT2D eigenvalue weighted by Gasteiger charge is -2.38. The van der Waals surface area contributed by atoms with Gasteiger partial charge in [-0.2, -0.15) is 5.48 Å². The number of rotatable bonds is 2. The topological polar surface area (TPSA) is 81.7 Å². The van der Waals surface area contributed by atoms with Gasteiger partial charge < -0.3 is 9.57 Å². The van der Waals surface area contributed by atoms with E-state index in [9.17, 15) is 14.4 Å². The summed E-state index contributed by atoms with van der Waals surface area (Å²) < 4.78 is 4.96. The molecule has 7 heteroatoms. The van der Waals surface area contributed by atoms with Crippen LogP contribution in [0.25, 0.3) is 0 Å². The number of amides is 1.